The molecular weight excluding hydrogens is 354 g/mol. The van der Waals surface area contributed by atoms with Crippen LogP contribution in [0.4, 0.5) is 0 Å². The van der Waals surface area contributed by atoms with E-state index < -0.39 is 0 Å². The van der Waals surface area contributed by atoms with Gasteiger partial charge in [0.25, 0.3) is 0 Å². The zero-order chi connectivity index (χ0) is 19.4. The maximum atomic E-state index is 5.32. The molecule has 5 heteroatoms. The quantitative estimate of drug-likeness (QED) is 0.412. The molecule has 4 nitrogen and oxygen atoms in total. The first-order valence-electron chi connectivity index (χ1n) is 9.00. The van der Waals surface area contributed by atoms with Gasteiger partial charge in [0.1, 0.15) is 5.75 Å². The van der Waals surface area contributed by atoms with Gasteiger partial charge in [-0.25, -0.2) is 4.68 Å². The highest BCUT2D eigenvalue weighted by Crippen LogP contribution is 2.27. The first kappa shape index (κ1) is 19.1. The van der Waals surface area contributed by atoms with E-state index in [1.807, 2.05) is 30.7 Å². The second-order valence-electron chi connectivity index (χ2n) is 6.61. The molecule has 0 bridgehead atoms. The van der Waals surface area contributed by atoms with Crippen LogP contribution in [0.15, 0.2) is 64.0 Å². The van der Waals surface area contributed by atoms with Gasteiger partial charge in [-0.2, -0.15) is 5.10 Å². The summed E-state index contributed by atoms with van der Waals surface area (Å²) >= 11 is 1.61. The van der Waals surface area contributed by atoms with Crippen LogP contribution in [0.25, 0.3) is 22.0 Å². The van der Waals surface area contributed by atoms with E-state index in [1.54, 1.807) is 18.4 Å². The summed E-state index contributed by atoms with van der Waals surface area (Å²) in [4.78, 5) is 5.57. The Bertz CT molecular complexity index is 1070. The molecule has 3 aromatic rings. The Morgan fingerprint density at radius 2 is 1.89 bits per heavy atom. The van der Waals surface area contributed by atoms with Crippen LogP contribution in [-0.4, -0.2) is 24.0 Å². The molecule has 1 heterocycles. The Kier molecular flexibility index (Phi) is 5.91. The molecule has 1 aromatic heterocycles. The summed E-state index contributed by atoms with van der Waals surface area (Å²) in [7, 11) is 1.69. The molecule has 140 valence electrons. The molecule has 2 aromatic carbocycles. The number of hydrogen-bond acceptors (Lipinski definition) is 4. The normalized spacial score (nSPS) is 12.6. The predicted octanol–water partition coefficient (Wildman–Crippen LogP) is 5.49. The highest BCUT2D eigenvalue weighted by atomic mass is 32.1. The number of methoxy groups -OCH3 is 1. The molecule has 0 aliphatic rings. The van der Waals surface area contributed by atoms with E-state index in [4.69, 9.17) is 9.84 Å². The van der Waals surface area contributed by atoms with E-state index in [1.165, 1.54) is 5.39 Å². The van der Waals surface area contributed by atoms with Crippen LogP contribution < -0.4 is 9.54 Å². The highest BCUT2D eigenvalue weighted by Gasteiger charge is 2.09. The molecular formula is C22H25N3OS. The summed E-state index contributed by atoms with van der Waals surface area (Å²) in [5.74, 6) is 0.866. The number of fused-ring (bicyclic) bond motifs is 1. The molecule has 0 atom stereocenters. The number of nitrogens with zero attached hydrogens (tertiary/aromatic N) is 3. The van der Waals surface area contributed by atoms with Crippen molar-refractivity contribution in [1.29, 1.82) is 0 Å². The standard InChI is InChI=1S/C22H25N3OS/c1-6-16(4)24-25-21(14-27-22(25)23-13-15(2)3)19-8-7-18-12-20(26-5)10-9-17(18)11-19/h7-12,14H,2,6,13H2,1,3-5H3. The number of thiazole rings is 1. The third-order valence-corrected chi connectivity index (χ3v) is 5.15. The summed E-state index contributed by atoms with van der Waals surface area (Å²) < 4.78 is 7.28. The number of ether oxygens (including phenoxy) is 1. The van der Waals surface area contributed by atoms with Crippen LogP contribution in [0.3, 0.4) is 0 Å². The lowest BCUT2D eigenvalue weighted by Gasteiger charge is -2.08. The van der Waals surface area contributed by atoms with Crippen molar-refractivity contribution in [3.63, 3.8) is 0 Å². The van der Waals surface area contributed by atoms with Gasteiger partial charge in [-0.3, -0.25) is 4.99 Å². The van der Waals surface area contributed by atoms with Crippen molar-refractivity contribution >= 4 is 27.8 Å². The maximum Gasteiger partial charge on any atom is 0.206 e. The van der Waals surface area contributed by atoms with E-state index in [9.17, 15) is 0 Å². The second kappa shape index (κ2) is 8.35. The minimum absolute atomic E-state index is 0.609. The van der Waals surface area contributed by atoms with Crippen LogP contribution in [0.1, 0.15) is 27.2 Å². The minimum Gasteiger partial charge on any atom is -0.497 e. The van der Waals surface area contributed by atoms with Crippen LogP contribution in [0.2, 0.25) is 0 Å². The molecule has 0 amide bonds. The summed E-state index contributed by atoms with van der Waals surface area (Å²) in [6.45, 7) is 10.7. The van der Waals surface area contributed by atoms with Gasteiger partial charge in [-0.15, -0.1) is 11.3 Å². The van der Waals surface area contributed by atoms with E-state index in [2.05, 4.69) is 48.1 Å². The summed E-state index contributed by atoms with van der Waals surface area (Å²) in [6.07, 6.45) is 0.903. The Labute approximate surface area is 164 Å². The van der Waals surface area contributed by atoms with Crippen molar-refractivity contribution < 1.29 is 4.74 Å². The molecule has 0 N–H and O–H groups in total. The zero-order valence-electron chi connectivity index (χ0n) is 16.3. The number of benzene rings is 2. The van der Waals surface area contributed by atoms with Crippen molar-refractivity contribution in [3.8, 4) is 17.0 Å². The monoisotopic (exact) mass is 379 g/mol. The summed E-state index contributed by atoms with van der Waals surface area (Å²) in [5.41, 5.74) is 4.27. The minimum atomic E-state index is 0.609. The average molecular weight is 380 g/mol. The van der Waals surface area contributed by atoms with Crippen molar-refractivity contribution in [3.05, 3.63) is 58.7 Å². The average Bonchev–Trinajstić information content (AvgIpc) is 3.07. The van der Waals surface area contributed by atoms with Crippen molar-refractivity contribution in [2.75, 3.05) is 13.7 Å². The molecule has 0 radical (unpaired) electrons. The molecule has 0 fully saturated rings. The van der Waals surface area contributed by atoms with Gasteiger partial charge in [-0.1, -0.05) is 37.3 Å². The smallest absolute Gasteiger partial charge is 0.206 e. The largest absolute Gasteiger partial charge is 0.497 e. The van der Waals surface area contributed by atoms with E-state index >= 15 is 0 Å². The van der Waals surface area contributed by atoms with Gasteiger partial charge in [-0.05, 0) is 49.2 Å². The first-order valence-corrected chi connectivity index (χ1v) is 9.88. The Hall–Kier alpha value is -2.66. The molecule has 0 aliphatic heterocycles. The van der Waals surface area contributed by atoms with E-state index in [0.29, 0.717) is 6.54 Å². The number of hydrogen-bond donors (Lipinski definition) is 0. The lowest BCUT2D eigenvalue weighted by Crippen LogP contribution is -2.14. The van der Waals surface area contributed by atoms with Crippen LogP contribution in [0.5, 0.6) is 5.75 Å². The van der Waals surface area contributed by atoms with Gasteiger partial charge in [0, 0.05) is 16.7 Å². The van der Waals surface area contributed by atoms with E-state index in [0.717, 1.165) is 44.9 Å². The fraction of sp³-hybridized carbons (Fsp3) is 0.273. The van der Waals surface area contributed by atoms with Gasteiger partial charge < -0.3 is 4.74 Å². The number of rotatable bonds is 6. The van der Waals surface area contributed by atoms with Crippen LogP contribution >= 0.6 is 11.3 Å². The van der Waals surface area contributed by atoms with Crippen LogP contribution in [0, 0.1) is 0 Å². The Morgan fingerprint density at radius 1 is 1.15 bits per heavy atom. The molecule has 3 rings (SSSR count). The molecule has 0 unspecified atom stereocenters. The molecule has 0 spiro atoms. The summed E-state index contributed by atoms with van der Waals surface area (Å²) in [5, 5.41) is 9.24. The predicted molar refractivity (Wildman–Crippen MR) is 116 cm³/mol. The van der Waals surface area contributed by atoms with Crippen molar-refractivity contribution in [2.24, 2.45) is 10.1 Å². The Balaban J connectivity index is 2.14. The van der Waals surface area contributed by atoms with Crippen LogP contribution in [-0.2, 0) is 0 Å². The Morgan fingerprint density at radius 3 is 2.59 bits per heavy atom. The number of aromatic nitrogens is 1. The third kappa shape index (κ3) is 4.37. The van der Waals surface area contributed by atoms with Crippen molar-refractivity contribution in [2.45, 2.75) is 27.2 Å². The highest BCUT2D eigenvalue weighted by molar-refractivity contribution is 7.07. The lowest BCUT2D eigenvalue weighted by molar-refractivity contribution is 0.415. The molecule has 27 heavy (non-hydrogen) atoms. The summed E-state index contributed by atoms with van der Waals surface area (Å²) in [6, 6.07) is 12.6. The van der Waals surface area contributed by atoms with Gasteiger partial charge in [0.2, 0.25) is 4.80 Å². The van der Waals surface area contributed by atoms with Gasteiger partial charge >= 0.3 is 0 Å². The second-order valence-corrected chi connectivity index (χ2v) is 7.44. The van der Waals surface area contributed by atoms with Gasteiger partial charge in [0.15, 0.2) is 0 Å². The maximum absolute atomic E-state index is 5.32. The molecule has 0 aliphatic carbocycles. The topological polar surface area (TPSA) is 38.9 Å². The van der Waals surface area contributed by atoms with Crippen molar-refractivity contribution in [1.82, 2.24) is 4.68 Å². The lowest BCUT2D eigenvalue weighted by atomic mass is 10.1. The first-order chi connectivity index (χ1) is 13.0. The fourth-order valence-corrected chi connectivity index (χ4v) is 3.49. The zero-order valence-corrected chi connectivity index (χ0v) is 17.1. The molecule has 0 saturated carbocycles. The fourth-order valence-electron chi connectivity index (χ4n) is 2.66. The third-order valence-electron chi connectivity index (χ3n) is 4.30. The van der Waals surface area contributed by atoms with E-state index in [-0.39, 0.29) is 0 Å². The SMILES string of the molecule is C=C(C)CN=c1scc(-c2ccc3cc(OC)ccc3c2)n1N=C(C)CC. The van der Waals surface area contributed by atoms with Gasteiger partial charge in [0.05, 0.1) is 19.3 Å². The molecule has 0 saturated heterocycles.